The molecule has 1 N–H and O–H groups in total. The van der Waals surface area contributed by atoms with Crippen molar-refractivity contribution < 1.29 is 26.7 Å². The maximum atomic E-state index is 15.0. The van der Waals surface area contributed by atoms with Gasteiger partial charge in [-0.2, -0.15) is 5.26 Å². The van der Waals surface area contributed by atoms with Gasteiger partial charge in [0.25, 0.3) is 5.56 Å². The number of pyridine rings is 2. The number of halogens is 6. The summed E-state index contributed by atoms with van der Waals surface area (Å²) in [6.45, 7) is 9.78. The zero-order valence-corrected chi connectivity index (χ0v) is 25.1. The number of aromatic nitrogens is 2. The van der Waals surface area contributed by atoms with Crippen LogP contribution < -0.4 is 15.8 Å². The highest BCUT2D eigenvalue weighted by Crippen LogP contribution is 2.40. The maximum Gasteiger partial charge on any atom is 0.276 e. The molecule has 2 aliphatic rings. The number of nitrogens with one attached hydrogen (secondary N) is 1. The van der Waals surface area contributed by atoms with Gasteiger partial charge in [-0.3, -0.25) is 14.2 Å². The van der Waals surface area contributed by atoms with Gasteiger partial charge < -0.3 is 15.1 Å². The second-order valence-electron chi connectivity index (χ2n) is 10.9. The second kappa shape index (κ2) is 12.0. The van der Waals surface area contributed by atoms with Gasteiger partial charge in [-0.15, -0.1) is 0 Å². The number of amides is 1. The van der Waals surface area contributed by atoms with Crippen LogP contribution in [0.2, 0.25) is 5.02 Å². The van der Waals surface area contributed by atoms with Crippen LogP contribution in [0, 0.1) is 46.3 Å². The van der Waals surface area contributed by atoms with Crippen LogP contribution in [0.5, 0.6) is 0 Å². The number of carbonyl (C=O) groups excluding carboxylic acids is 1. The Bertz CT molecular complexity index is 1910. The first-order valence-corrected chi connectivity index (χ1v) is 14.2. The number of anilines is 1. The molecule has 14 heteroatoms. The summed E-state index contributed by atoms with van der Waals surface area (Å²) in [5, 5.41) is 13.1. The zero-order chi connectivity index (χ0) is 32.9. The number of benzene rings is 1. The molecule has 2 aromatic heterocycles. The van der Waals surface area contributed by atoms with Gasteiger partial charge in [0.05, 0.1) is 33.7 Å². The molecule has 234 valence electrons. The van der Waals surface area contributed by atoms with Crippen LogP contribution in [0.4, 0.5) is 27.6 Å². The number of nitrogens with zero attached hydrogens (tertiary/aromatic N) is 5. The van der Waals surface area contributed by atoms with Crippen LogP contribution in [0.1, 0.15) is 26.3 Å². The molecule has 1 aromatic carbocycles. The van der Waals surface area contributed by atoms with E-state index < -0.39 is 57.0 Å². The van der Waals surface area contributed by atoms with E-state index in [-0.39, 0.29) is 60.3 Å². The summed E-state index contributed by atoms with van der Waals surface area (Å²) in [5.74, 6) is -11.4. The molecule has 4 heterocycles. The summed E-state index contributed by atoms with van der Waals surface area (Å²) in [6, 6.07) is 2.67. The Morgan fingerprint density at radius 3 is 2.27 bits per heavy atom. The van der Waals surface area contributed by atoms with Gasteiger partial charge in [-0.1, -0.05) is 32.0 Å². The van der Waals surface area contributed by atoms with E-state index in [1.54, 1.807) is 24.1 Å². The van der Waals surface area contributed by atoms with Gasteiger partial charge in [0, 0.05) is 31.6 Å². The highest BCUT2D eigenvalue weighted by Gasteiger charge is 2.34. The average molecular weight is 645 g/mol. The topological polar surface area (TPSA) is 94.3 Å². The Hall–Kier alpha value is -4.70. The predicted molar refractivity (Wildman–Crippen MR) is 160 cm³/mol. The van der Waals surface area contributed by atoms with Crippen LogP contribution in [0.3, 0.4) is 0 Å². The third kappa shape index (κ3) is 5.12. The largest absolute Gasteiger partial charge is 0.382 e. The van der Waals surface area contributed by atoms with Crippen LogP contribution in [0.15, 0.2) is 41.4 Å². The molecule has 1 amide bonds. The number of rotatable bonds is 5. The van der Waals surface area contributed by atoms with E-state index in [9.17, 15) is 28.0 Å². The Labute approximate surface area is 259 Å². The van der Waals surface area contributed by atoms with E-state index in [1.807, 2.05) is 19.9 Å². The number of fused-ring (bicyclic) bond motifs is 1. The monoisotopic (exact) mass is 644 g/mol. The summed E-state index contributed by atoms with van der Waals surface area (Å²) in [7, 11) is 0. The smallest absolute Gasteiger partial charge is 0.276 e. The Morgan fingerprint density at radius 1 is 1.11 bits per heavy atom. The fraction of sp³-hybridized carbons (Fsp3) is 0.290. The Kier molecular flexibility index (Phi) is 8.46. The normalized spacial score (nSPS) is 16.8. The molecule has 0 radical (unpaired) electrons. The SMILES string of the molecule is C=CC(=O)N1CCN(c2c(C#N)c(=O)n(C3=C(C)C=CN[C@@H]3C(C)C)c3nc(-c4c(F)c(F)c(F)c(F)c4F)c(Cl)cc23)CC1. The summed E-state index contributed by atoms with van der Waals surface area (Å²) in [6.07, 6.45) is 4.54. The van der Waals surface area contributed by atoms with Gasteiger partial charge in [0.15, 0.2) is 23.3 Å². The zero-order valence-electron chi connectivity index (χ0n) is 24.3. The predicted octanol–water partition coefficient (Wildman–Crippen LogP) is 5.49. The van der Waals surface area contributed by atoms with Crippen molar-refractivity contribution >= 4 is 39.9 Å². The maximum absolute atomic E-state index is 15.0. The molecule has 5 rings (SSSR count). The molecule has 0 aliphatic carbocycles. The number of piperazine rings is 1. The van der Waals surface area contributed by atoms with Crippen molar-refractivity contribution in [2.75, 3.05) is 31.1 Å². The van der Waals surface area contributed by atoms with Crippen LogP contribution in [0.25, 0.3) is 28.0 Å². The minimum atomic E-state index is -2.35. The number of hydrogen-bond acceptors (Lipinski definition) is 6. The van der Waals surface area contributed by atoms with Crippen LogP contribution in [-0.4, -0.2) is 52.6 Å². The van der Waals surface area contributed by atoms with Crippen molar-refractivity contribution in [1.82, 2.24) is 19.8 Å². The molecule has 1 saturated heterocycles. The highest BCUT2D eigenvalue weighted by molar-refractivity contribution is 6.34. The molecule has 0 unspecified atom stereocenters. The third-order valence-electron chi connectivity index (χ3n) is 7.93. The molecule has 45 heavy (non-hydrogen) atoms. The molecule has 0 saturated carbocycles. The summed E-state index contributed by atoms with van der Waals surface area (Å²) in [4.78, 5) is 34.0. The number of hydrogen-bond donors (Lipinski definition) is 1. The van der Waals surface area contributed by atoms with Gasteiger partial charge >= 0.3 is 0 Å². The van der Waals surface area contributed by atoms with E-state index in [4.69, 9.17) is 11.6 Å². The average Bonchev–Trinajstić information content (AvgIpc) is 3.02. The molecular formula is C31H26ClF5N6O2. The van der Waals surface area contributed by atoms with Crippen molar-refractivity contribution in [3.05, 3.63) is 86.6 Å². The number of allylic oxidation sites excluding steroid dienone is 2. The third-order valence-corrected chi connectivity index (χ3v) is 8.22. The van der Waals surface area contributed by atoms with E-state index in [2.05, 4.69) is 16.9 Å². The van der Waals surface area contributed by atoms with Crippen LogP contribution in [-0.2, 0) is 4.79 Å². The molecule has 2 aliphatic heterocycles. The molecule has 8 nitrogen and oxygen atoms in total. The first kappa shape index (κ1) is 31.7. The fourth-order valence-electron chi connectivity index (χ4n) is 5.70. The van der Waals surface area contributed by atoms with Crippen molar-refractivity contribution in [3.63, 3.8) is 0 Å². The molecular weight excluding hydrogens is 619 g/mol. The summed E-state index contributed by atoms with van der Waals surface area (Å²) >= 11 is 6.48. The van der Waals surface area contributed by atoms with Gasteiger partial charge in [0.1, 0.15) is 17.3 Å². The molecule has 1 atom stereocenters. The molecule has 0 spiro atoms. The number of nitriles is 1. The molecule has 1 fully saturated rings. The fourth-order valence-corrected chi connectivity index (χ4v) is 5.94. The van der Waals surface area contributed by atoms with E-state index in [1.165, 1.54) is 17.0 Å². The second-order valence-corrected chi connectivity index (χ2v) is 11.3. The minimum Gasteiger partial charge on any atom is -0.382 e. The standard InChI is InChI=1S/C31H26ClF5N6O2/c1-5-19(44)41-8-10-42(11-9-41)29-16-12-18(32)27(20-21(33)23(35)25(37)24(36)22(20)34)40-30(16)43(31(45)17(29)13-38)28-15(4)6-7-39-26(28)14(2)3/h5-7,12,14,26,39H,1,8-11H2,2-4H3/t26-/m1/s1. The quantitative estimate of drug-likeness (QED) is 0.171. The van der Waals surface area contributed by atoms with Crippen molar-refractivity contribution in [2.45, 2.75) is 26.8 Å². The highest BCUT2D eigenvalue weighted by atomic mass is 35.5. The van der Waals surface area contributed by atoms with Crippen molar-refractivity contribution in [3.8, 4) is 17.3 Å². The van der Waals surface area contributed by atoms with E-state index >= 15 is 8.78 Å². The van der Waals surface area contributed by atoms with Crippen molar-refractivity contribution in [1.29, 1.82) is 5.26 Å². The number of dihydropyridines is 1. The summed E-state index contributed by atoms with van der Waals surface area (Å²) in [5.41, 5.74) is -2.42. The van der Waals surface area contributed by atoms with Crippen molar-refractivity contribution in [2.24, 2.45) is 5.92 Å². The first-order chi connectivity index (χ1) is 21.3. The Balaban J connectivity index is 1.90. The van der Waals surface area contributed by atoms with Gasteiger partial charge in [-0.25, -0.2) is 26.9 Å². The van der Waals surface area contributed by atoms with Gasteiger partial charge in [0.2, 0.25) is 11.7 Å². The molecule has 3 aromatic rings. The number of carbonyl (C=O) groups is 1. The Morgan fingerprint density at radius 2 is 1.71 bits per heavy atom. The lowest BCUT2D eigenvalue weighted by molar-refractivity contribution is -0.126. The van der Waals surface area contributed by atoms with E-state index in [0.717, 1.165) is 4.57 Å². The minimum absolute atomic E-state index is 0.108. The van der Waals surface area contributed by atoms with E-state index in [0.29, 0.717) is 11.3 Å². The first-order valence-electron chi connectivity index (χ1n) is 13.8. The lowest BCUT2D eigenvalue weighted by Gasteiger charge is -2.37. The summed E-state index contributed by atoms with van der Waals surface area (Å²) < 4.78 is 73.7. The van der Waals surface area contributed by atoms with Gasteiger partial charge in [-0.05, 0) is 42.8 Å². The lowest BCUT2D eigenvalue weighted by Crippen LogP contribution is -2.49. The lowest BCUT2D eigenvalue weighted by atomic mass is 9.94. The van der Waals surface area contributed by atoms with Crippen LogP contribution >= 0.6 is 11.6 Å². The molecule has 0 bridgehead atoms.